The van der Waals surface area contributed by atoms with E-state index in [9.17, 15) is 4.79 Å². The van der Waals surface area contributed by atoms with Gasteiger partial charge in [-0.1, -0.05) is 45.0 Å². The Hall–Kier alpha value is -1.06. The van der Waals surface area contributed by atoms with Crippen LogP contribution in [0.3, 0.4) is 0 Å². The van der Waals surface area contributed by atoms with Gasteiger partial charge in [-0.05, 0) is 29.4 Å². The average Bonchev–Trinajstić information content (AvgIpc) is 2.77. The summed E-state index contributed by atoms with van der Waals surface area (Å²) in [5.41, 5.74) is 8.56. The molecular weight excluding hydrogens is 272 g/mol. The molecule has 1 aliphatic rings. The summed E-state index contributed by atoms with van der Waals surface area (Å²) in [4.78, 5) is 12.0. The van der Waals surface area contributed by atoms with Gasteiger partial charge in [0.2, 0.25) is 5.91 Å². The summed E-state index contributed by atoms with van der Waals surface area (Å²) in [6, 6.07) is 8.04. The maximum absolute atomic E-state index is 12.0. The first-order chi connectivity index (χ1) is 8.89. The standard InChI is InChI=1S/C16H24N2O.ClH/c1-16(2,3)14(17)15(19)18-10-12-9-8-11-6-4-5-7-13(11)12;/h4-7,12,14H,8-10,17H2,1-3H3,(H,18,19);1H/t12?,14-;/m1./s1. The molecule has 0 aromatic heterocycles. The zero-order valence-corrected chi connectivity index (χ0v) is 13.3. The fraction of sp³-hybridized carbons (Fsp3) is 0.562. The van der Waals surface area contributed by atoms with Gasteiger partial charge in [0.15, 0.2) is 0 Å². The number of fused-ring (bicyclic) bond motifs is 1. The van der Waals surface area contributed by atoms with E-state index in [4.69, 9.17) is 5.73 Å². The van der Waals surface area contributed by atoms with Crippen molar-refractivity contribution in [2.45, 2.75) is 45.6 Å². The van der Waals surface area contributed by atoms with E-state index < -0.39 is 6.04 Å². The van der Waals surface area contributed by atoms with Gasteiger partial charge in [0, 0.05) is 12.5 Å². The molecule has 0 fully saturated rings. The average molecular weight is 297 g/mol. The first-order valence-electron chi connectivity index (χ1n) is 7.00. The van der Waals surface area contributed by atoms with Gasteiger partial charge in [-0.25, -0.2) is 0 Å². The topological polar surface area (TPSA) is 55.1 Å². The Morgan fingerprint density at radius 1 is 1.40 bits per heavy atom. The molecule has 112 valence electrons. The molecule has 1 unspecified atom stereocenters. The number of nitrogens with two attached hydrogens (primary N) is 1. The van der Waals surface area contributed by atoms with Gasteiger partial charge >= 0.3 is 0 Å². The Labute approximate surface area is 127 Å². The molecule has 1 aliphatic carbocycles. The number of halogens is 1. The van der Waals surface area contributed by atoms with E-state index >= 15 is 0 Å². The molecule has 0 aliphatic heterocycles. The fourth-order valence-corrected chi connectivity index (χ4v) is 2.58. The first-order valence-corrected chi connectivity index (χ1v) is 7.00. The first kappa shape index (κ1) is 17.0. The molecule has 20 heavy (non-hydrogen) atoms. The van der Waals surface area contributed by atoms with E-state index in [1.807, 2.05) is 20.8 Å². The van der Waals surface area contributed by atoms with Crippen LogP contribution in [-0.4, -0.2) is 18.5 Å². The number of carbonyl (C=O) groups is 1. The molecule has 0 spiro atoms. The number of carbonyl (C=O) groups excluding carboxylic acids is 1. The Balaban J connectivity index is 0.00000200. The van der Waals surface area contributed by atoms with Crippen molar-refractivity contribution in [3.8, 4) is 0 Å². The third-order valence-corrected chi connectivity index (χ3v) is 4.00. The molecule has 3 N–H and O–H groups in total. The van der Waals surface area contributed by atoms with Gasteiger partial charge in [-0.15, -0.1) is 12.4 Å². The van der Waals surface area contributed by atoms with Crippen LogP contribution < -0.4 is 11.1 Å². The van der Waals surface area contributed by atoms with Gasteiger partial charge in [0.1, 0.15) is 0 Å². The van der Waals surface area contributed by atoms with E-state index in [1.54, 1.807) is 0 Å². The molecule has 0 saturated carbocycles. The maximum atomic E-state index is 12.0. The maximum Gasteiger partial charge on any atom is 0.237 e. The third-order valence-electron chi connectivity index (χ3n) is 4.00. The van der Waals surface area contributed by atoms with Gasteiger partial charge in [-0.2, -0.15) is 0 Å². The van der Waals surface area contributed by atoms with Crippen LogP contribution >= 0.6 is 12.4 Å². The van der Waals surface area contributed by atoms with E-state index in [1.165, 1.54) is 11.1 Å². The van der Waals surface area contributed by atoms with Crippen molar-refractivity contribution in [2.75, 3.05) is 6.54 Å². The van der Waals surface area contributed by atoms with E-state index in [0.717, 1.165) is 12.8 Å². The summed E-state index contributed by atoms with van der Waals surface area (Å²) in [6.07, 6.45) is 2.23. The van der Waals surface area contributed by atoms with Crippen molar-refractivity contribution in [1.82, 2.24) is 5.32 Å². The van der Waals surface area contributed by atoms with Crippen LogP contribution in [-0.2, 0) is 11.2 Å². The molecule has 1 aromatic carbocycles. The molecule has 0 heterocycles. The zero-order valence-electron chi connectivity index (χ0n) is 12.5. The lowest BCUT2D eigenvalue weighted by Gasteiger charge is -2.26. The summed E-state index contributed by atoms with van der Waals surface area (Å²) in [5, 5.41) is 3.01. The highest BCUT2D eigenvalue weighted by Crippen LogP contribution is 2.32. The number of benzene rings is 1. The molecule has 2 atom stereocenters. The number of aryl methyl sites for hydroxylation is 1. The Morgan fingerprint density at radius 3 is 2.70 bits per heavy atom. The SMILES string of the molecule is CC(C)(C)[C@H](N)C(=O)NCC1CCc2ccccc21.Cl. The summed E-state index contributed by atoms with van der Waals surface area (Å²) in [7, 11) is 0. The minimum absolute atomic E-state index is 0. The zero-order chi connectivity index (χ0) is 14.0. The van der Waals surface area contributed by atoms with Crippen LogP contribution in [0.5, 0.6) is 0 Å². The monoisotopic (exact) mass is 296 g/mol. The van der Waals surface area contributed by atoms with Gasteiger partial charge in [0.05, 0.1) is 6.04 Å². The summed E-state index contributed by atoms with van der Waals surface area (Å²) >= 11 is 0. The van der Waals surface area contributed by atoms with Crippen molar-refractivity contribution in [1.29, 1.82) is 0 Å². The Kier molecular flexibility index (Phi) is 5.60. The molecule has 0 bridgehead atoms. The predicted molar refractivity (Wildman–Crippen MR) is 85.2 cm³/mol. The van der Waals surface area contributed by atoms with E-state index in [0.29, 0.717) is 12.5 Å². The van der Waals surface area contributed by atoms with Crippen molar-refractivity contribution in [2.24, 2.45) is 11.1 Å². The molecule has 0 saturated heterocycles. The Bertz CT molecular complexity index is 468. The highest BCUT2D eigenvalue weighted by atomic mass is 35.5. The van der Waals surface area contributed by atoms with Crippen molar-refractivity contribution in [3.63, 3.8) is 0 Å². The highest BCUT2D eigenvalue weighted by molar-refractivity contribution is 5.85. The van der Waals surface area contributed by atoms with E-state index in [2.05, 4.69) is 29.6 Å². The quantitative estimate of drug-likeness (QED) is 0.901. The van der Waals surface area contributed by atoms with Crippen molar-refractivity contribution < 1.29 is 4.79 Å². The molecule has 2 rings (SSSR count). The second kappa shape index (κ2) is 6.59. The highest BCUT2D eigenvalue weighted by Gasteiger charge is 2.28. The van der Waals surface area contributed by atoms with Crippen LogP contribution in [0.2, 0.25) is 0 Å². The van der Waals surface area contributed by atoms with Gasteiger partial charge in [-0.3, -0.25) is 4.79 Å². The summed E-state index contributed by atoms with van der Waals surface area (Å²) in [5.74, 6) is 0.393. The van der Waals surface area contributed by atoms with Crippen LogP contribution in [0.15, 0.2) is 24.3 Å². The lowest BCUT2D eigenvalue weighted by Crippen LogP contribution is -2.49. The van der Waals surface area contributed by atoms with Gasteiger partial charge < -0.3 is 11.1 Å². The minimum atomic E-state index is -0.454. The number of hydrogen-bond donors (Lipinski definition) is 2. The largest absolute Gasteiger partial charge is 0.354 e. The smallest absolute Gasteiger partial charge is 0.237 e. The van der Waals surface area contributed by atoms with Crippen molar-refractivity contribution >= 4 is 18.3 Å². The number of nitrogens with one attached hydrogen (secondary N) is 1. The second-order valence-corrected chi connectivity index (χ2v) is 6.52. The van der Waals surface area contributed by atoms with Gasteiger partial charge in [0.25, 0.3) is 0 Å². The van der Waals surface area contributed by atoms with E-state index in [-0.39, 0.29) is 23.7 Å². The number of hydrogen-bond acceptors (Lipinski definition) is 2. The Morgan fingerprint density at radius 2 is 2.05 bits per heavy atom. The van der Waals surface area contributed by atoms with Crippen LogP contribution in [0.1, 0.15) is 44.2 Å². The minimum Gasteiger partial charge on any atom is -0.354 e. The number of rotatable bonds is 3. The fourth-order valence-electron chi connectivity index (χ4n) is 2.58. The molecule has 1 aromatic rings. The summed E-state index contributed by atoms with van der Waals surface area (Å²) in [6.45, 7) is 6.66. The lowest BCUT2D eigenvalue weighted by molar-refractivity contribution is -0.124. The number of amides is 1. The summed E-state index contributed by atoms with van der Waals surface area (Å²) < 4.78 is 0. The van der Waals surface area contributed by atoms with Crippen LogP contribution in [0.4, 0.5) is 0 Å². The normalized spacial score (nSPS) is 18.9. The predicted octanol–water partition coefficient (Wildman–Crippen LogP) is 2.63. The van der Waals surface area contributed by atoms with Crippen LogP contribution in [0, 0.1) is 5.41 Å². The molecular formula is C16H25ClN2O. The molecule has 4 heteroatoms. The third kappa shape index (κ3) is 3.74. The second-order valence-electron chi connectivity index (χ2n) is 6.52. The van der Waals surface area contributed by atoms with Crippen molar-refractivity contribution in [3.05, 3.63) is 35.4 Å². The molecule has 0 radical (unpaired) electrons. The lowest BCUT2D eigenvalue weighted by atomic mass is 9.87. The molecule has 3 nitrogen and oxygen atoms in total. The molecule has 1 amide bonds. The van der Waals surface area contributed by atoms with Crippen LogP contribution in [0.25, 0.3) is 0 Å².